The van der Waals surface area contributed by atoms with Crippen LogP contribution in [-0.4, -0.2) is 23.9 Å². The Morgan fingerprint density at radius 3 is 2.31 bits per heavy atom. The summed E-state index contributed by atoms with van der Waals surface area (Å²) in [6.07, 6.45) is 0. The summed E-state index contributed by atoms with van der Waals surface area (Å²) in [6, 6.07) is 18.2. The number of ether oxygens (including phenoxy) is 1. The molecule has 0 aliphatic heterocycles. The summed E-state index contributed by atoms with van der Waals surface area (Å²) < 4.78 is 5.28. The van der Waals surface area contributed by atoms with Crippen molar-refractivity contribution in [1.82, 2.24) is 10.3 Å². The van der Waals surface area contributed by atoms with Gasteiger partial charge >= 0.3 is 0 Å². The van der Waals surface area contributed by atoms with E-state index in [1.165, 1.54) is 7.11 Å². The molecular weight excluding hydrogens is 366 g/mol. The van der Waals surface area contributed by atoms with E-state index in [2.05, 4.69) is 15.6 Å². The standard InChI is InChI=1S/C23H23N3O3/c1-15-6-4-7-17(12-15)14-24-22(27)18-8-5-9-19(25-18)23(28)26-20-13-16(2)10-11-21(20)29-3/h4-13H,14H2,1-3H3,(H,24,27)(H,26,28). The Labute approximate surface area is 169 Å². The van der Waals surface area contributed by atoms with E-state index in [0.717, 1.165) is 16.7 Å². The van der Waals surface area contributed by atoms with Gasteiger partial charge in [0.1, 0.15) is 17.1 Å². The molecule has 2 aromatic carbocycles. The van der Waals surface area contributed by atoms with Crippen molar-refractivity contribution in [1.29, 1.82) is 0 Å². The molecule has 0 fully saturated rings. The fourth-order valence-corrected chi connectivity index (χ4v) is 2.89. The van der Waals surface area contributed by atoms with Crippen molar-refractivity contribution in [3.63, 3.8) is 0 Å². The number of rotatable bonds is 6. The van der Waals surface area contributed by atoms with Crippen LogP contribution in [0.15, 0.2) is 60.7 Å². The van der Waals surface area contributed by atoms with Crippen LogP contribution >= 0.6 is 0 Å². The average molecular weight is 389 g/mol. The lowest BCUT2D eigenvalue weighted by Gasteiger charge is -2.11. The number of pyridine rings is 1. The van der Waals surface area contributed by atoms with Crippen LogP contribution in [0.2, 0.25) is 0 Å². The number of nitrogens with zero attached hydrogens (tertiary/aromatic N) is 1. The zero-order chi connectivity index (χ0) is 20.8. The molecule has 0 aliphatic carbocycles. The van der Waals surface area contributed by atoms with Crippen molar-refractivity contribution >= 4 is 17.5 Å². The number of hydrogen-bond donors (Lipinski definition) is 2. The summed E-state index contributed by atoms with van der Waals surface area (Å²) in [6.45, 7) is 4.31. The second-order valence-corrected chi connectivity index (χ2v) is 6.74. The quantitative estimate of drug-likeness (QED) is 0.670. The highest BCUT2D eigenvalue weighted by atomic mass is 16.5. The number of benzene rings is 2. The van der Waals surface area contributed by atoms with Gasteiger partial charge in [0.25, 0.3) is 11.8 Å². The van der Waals surface area contributed by atoms with Gasteiger partial charge in [0.15, 0.2) is 0 Å². The number of carbonyl (C=O) groups excluding carboxylic acids is 2. The second-order valence-electron chi connectivity index (χ2n) is 6.74. The van der Waals surface area contributed by atoms with E-state index >= 15 is 0 Å². The van der Waals surface area contributed by atoms with Crippen LogP contribution < -0.4 is 15.4 Å². The number of aryl methyl sites for hydroxylation is 2. The summed E-state index contributed by atoms with van der Waals surface area (Å²) in [5, 5.41) is 5.62. The van der Waals surface area contributed by atoms with E-state index in [9.17, 15) is 9.59 Å². The van der Waals surface area contributed by atoms with Crippen LogP contribution in [0.4, 0.5) is 5.69 Å². The largest absolute Gasteiger partial charge is 0.495 e. The van der Waals surface area contributed by atoms with Gasteiger partial charge in [-0.15, -0.1) is 0 Å². The highest BCUT2D eigenvalue weighted by Gasteiger charge is 2.14. The number of hydrogen-bond acceptors (Lipinski definition) is 4. The van der Waals surface area contributed by atoms with Crippen LogP contribution in [0.3, 0.4) is 0 Å². The predicted molar refractivity (Wildman–Crippen MR) is 112 cm³/mol. The number of nitrogens with one attached hydrogen (secondary N) is 2. The SMILES string of the molecule is COc1ccc(C)cc1NC(=O)c1cccc(C(=O)NCc2cccc(C)c2)n1. The van der Waals surface area contributed by atoms with Gasteiger partial charge in [-0.1, -0.05) is 42.0 Å². The first-order chi connectivity index (χ1) is 14.0. The molecule has 3 rings (SSSR count). The molecule has 1 heterocycles. The third-order valence-electron chi connectivity index (χ3n) is 4.35. The average Bonchev–Trinajstić information content (AvgIpc) is 2.72. The number of carbonyl (C=O) groups is 2. The lowest BCUT2D eigenvalue weighted by molar-refractivity contribution is 0.0945. The van der Waals surface area contributed by atoms with Gasteiger partial charge in [-0.3, -0.25) is 9.59 Å². The highest BCUT2D eigenvalue weighted by Crippen LogP contribution is 2.25. The van der Waals surface area contributed by atoms with Crippen molar-refractivity contribution < 1.29 is 14.3 Å². The van der Waals surface area contributed by atoms with Crippen LogP contribution in [0, 0.1) is 13.8 Å². The Morgan fingerprint density at radius 1 is 0.897 bits per heavy atom. The van der Waals surface area contributed by atoms with Gasteiger partial charge in [-0.05, 0) is 49.2 Å². The van der Waals surface area contributed by atoms with E-state index in [-0.39, 0.29) is 17.3 Å². The molecule has 6 heteroatoms. The lowest BCUT2D eigenvalue weighted by atomic mass is 10.1. The van der Waals surface area contributed by atoms with E-state index in [1.807, 2.05) is 50.2 Å². The first-order valence-electron chi connectivity index (χ1n) is 9.23. The molecule has 1 aromatic heterocycles. The van der Waals surface area contributed by atoms with Crippen molar-refractivity contribution in [3.8, 4) is 5.75 Å². The molecule has 148 valence electrons. The fourth-order valence-electron chi connectivity index (χ4n) is 2.89. The van der Waals surface area contributed by atoms with Crippen molar-refractivity contribution in [2.45, 2.75) is 20.4 Å². The molecule has 3 aromatic rings. The molecule has 6 nitrogen and oxygen atoms in total. The molecule has 0 aliphatic rings. The van der Waals surface area contributed by atoms with Gasteiger partial charge in [-0.2, -0.15) is 0 Å². The minimum atomic E-state index is -0.415. The number of methoxy groups -OCH3 is 1. The van der Waals surface area contributed by atoms with Gasteiger partial charge in [-0.25, -0.2) is 4.98 Å². The maximum Gasteiger partial charge on any atom is 0.274 e. The fraction of sp³-hybridized carbons (Fsp3) is 0.174. The topological polar surface area (TPSA) is 80.3 Å². The summed E-state index contributed by atoms with van der Waals surface area (Å²) in [7, 11) is 1.54. The molecule has 2 amide bonds. The van der Waals surface area contributed by atoms with Crippen LogP contribution in [-0.2, 0) is 6.54 Å². The number of anilines is 1. The molecule has 0 spiro atoms. The Bertz CT molecular complexity index is 1050. The summed E-state index contributed by atoms with van der Waals surface area (Å²) in [5.74, 6) is -0.201. The minimum absolute atomic E-state index is 0.150. The molecule has 0 atom stereocenters. The van der Waals surface area contributed by atoms with Crippen molar-refractivity contribution in [3.05, 3.63) is 88.7 Å². The summed E-state index contributed by atoms with van der Waals surface area (Å²) in [4.78, 5) is 29.3. The molecule has 2 N–H and O–H groups in total. The predicted octanol–water partition coefficient (Wildman–Crippen LogP) is 3.89. The highest BCUT2D eigenvalue weighted by molar-refractivity contribution is 6.04. The van der Waals surface area contributed by atoms with Crippen LogP contribution in [0.5, 0.6) is 5.75 Å². The first-order valence-corrected chi connectivity index (χ1v) is 9.23. The van der Waals surface area contributed by atoms with Gasteiger partial charge in [0.05, 0.1) is 12.8 Å². The van der Waals surface area contributed by atoms with Gasteiger partial charge in [0.2, 0.25) is 0 Å². The first kappa shape index (κ1) is 20.1. The molecule has 0 radical (unpaired) electrons. The van der Waals surface area contributed by atoms with Crippen molar-refractivity contribution in [2.24, 2.45) is 0 Å². The van der Waals surface area contributed by atoms with E-state index in [4.69, 9.17) is 4.74 Å². The Kier molecular flexibility index (Phi) is 6.24. The molecule has 29 heavy (non-hydrogen) atoms. The molecule has 0 saturated heterocycles. The maximum atomic E-state index is 12.6. The van der Waals surface area contributed by atoms with Crippen LogP contribution in [0.25, 0.3) is 0 Å². The van der Waals surface area contributed by atoms with E-state index in [1.54, 1.807) is 24.3 Å². The van der Waals surface area contributed by atoms with Crippen LogP contribution in [0.1, 0.15) is 37.7 Å². The summed E-state index contributed by atoms with van der Waals surface area (Å²) >= 11 is 0. The molecule has 0 saturated carbocycles. The van der Waals surface area contributed by atoms with E-state index in [0.29, 0.717) is 18.0 Å². The van der Waals surface area contributed by atoms with Crippen molar-refractivity contribution in [2.75, 3.05) is 12.4 Å². The molecular formula is C23H23N3O3. The molecule has 0 unspecified atom stereocenters. The number of aromatic nitrogens is 1. The Hall–Kier alpha value is -3.67. The Balaban J connectivity index is 1.71. The smallest absolute Gasteiger partial charge is 0.274 e. The third kappa shape index (κ3) is 5.19. The van der Waals surface area contributed by atoms with E-state index < -0.39 is 5.91 Å². The monoisotopic (exact) mass is 389 g/mol. The lowest BCUT2D eigenvalue weighted by Crippen LogP contribution is -2.25. The number of amides is 2. The minimum Gasteiger partial charge on any atom is -0.495 e. The zero-order valence-electron chi connectivity index (χ0n) is 16.7. The molecule has 0 bridgehead atoms. The normalized spacial score (nSPS) is 10.3. The second kappa shape index (κ2) is 9.01. The Morgan fingerprint density at radius 2 is 1.59 bits per heavy atom. The summed E-state index contributed by atoms with van der Waals surface area (Å²) in [5.41, 5.74) is 3.99. The van der Waals surface area contributed by atoms with Gasteiger partial charge in [0, 0.05) is 6.54 Å². The third-order valence-corrected chi connectivity index (χ3v) is 4.35. The maximum absolute atomic E-state index is 12.6. The zero-order valence-corrected chi connectivity index (χ0v) is 16.7. The van der Waals surface area contributed by atoms with Gasteiger partial charge < -0.3 is 15.4 Å².